The van der Waals surface area contributed by atoms with Crippen LogP contribution >= 0.6 is 0 Å². The SMILES string of the molecule is Cc1cc(C(=O)NC(CN)C2CC2)ccc1NC(=O)CC(C)C. The molecule has 1 saturated carbocycles. The van der Waals surface area contributed by atoms with Crippen LogP contribution in [0.2, 0.25) is 0 Å². The van der Waals surface area contributed by atoms with Crippen molar-refractivity contribution in [2.24, 2.45) is 17.6 Å². The molecule has 2 amide bonds. The lowest BCUT2D eigenvalue weighted by molar-refractivity contribution is -0.116. The predicted molar refractivity (Wildman–Crippen MR) is 92.3 cm³/mol. The van der Waals surface area contributed by atoms with Gasteiger partial charge >= 0.3 is 0 Å². The summed E-state index contributed by atoms with van der Waals surface area (Å²) in [5.74, 6) is 0.739. The van der Waals surface area contributed by atoms with Gasteiger partial charge in [0.25, 0.3) is 5.91 Å². The van der Waals surface area contributed by atoms with Gasteiger partial charge in [0.2, 0.25) is 5.91 Å². The summed E-state index contributed by atoms with van der Waals surface area (Å²) in [5.41, 5.74) is 7.96. The first kappa shape index (κ1) is 17.5. The van der Waals surface area contributed by atoms with Crippen LogP contribution in [0.1, 0.15) is 49.0 Å². The Morgan fingerprint density at radius 2 is 2.00 bits per heavy atom. The summed E-state index contributed by atoms with van der Waals surface area (Å²) in [6.07, 6.45) is 2.77. The van der Waals surface area contributed by atoms with Crippen LogP contribution in [-0.4, -0.2) is 24.4 Å². The number of carbonyl (C=O) groups excluding carboxylic acids is 2. The molecule has 0 saturated heterocycles. The Balaban J connectivity index is 2.00. The molecule has 5 nitrogen and oxygen atoms in total. The third-order valence-electron chi connectivity index (χ3n) is 4.12. The van der Waals surface area contributed by atoms with Crippen molar-refractivity contribution in [3.05, 3.63) is 29.3 Å². The zero-order valence-corrected chi connectivity index (χ0v) is 14.2. The van der Waals surface area contributed by atoms with E-state index in [2.05, 4.69) is 10.6 Å². The van der Waals surface area contributed by atoms with Crippen molar-refractivity contribution in [1.82, 2.24) is 5.32 Å². The number of nitrogens with one attached hydrogen (secondary N) is 2. The molecule has 1 aliphatic rings. The van der Waals surface area contributed by atoms with Gasteiger partial charge in [-0.15, -0.1) is 0 Å². The second-order valence-electron chi connectivity index (χ2n) is 6.83. The summed E-state index contributed by atoms with van der Waals surface area (Å²) in [7, 11) is 0. The van der Waals surface area contributed by atoms with Gasteiger partial charge in [0, 0.05) is 30.3 Å². The number of benzene rings is 1. The maximum absolute atomic E-state index is 12.3. The molecule has 1 unspecified atom stereocenters. The summed E-state index contributed by atoms with van der Waals surface area (Å²) < 4.78 is 0. The fraction of sp³-hybridized carbons (Fsp3) is 0.556. The molecule has 2 rings (SSSR count). The molecule has 5 heteroatoms. The van der Waals surface area contributed by atoms with E-state index in [0.717, 1.165) is 24.1 Å². The molecule has 1 aromatic rings. The molecule has 1 fully saturated rings. The van der Waals surface area contributed by atoms with E-state index in [4.69, 9.17) is 5.73 Å². The Morgan fingerprint density at radius 3 is 2.52 bits per heavy atom. The third kappa shape index (κ3) is 5.06. The molecule has 0 heterocycles. The monoisotopic (exact) mass is 317 g/mol. The second-order valence-corrected chi connectivity index (χ2v) is 6.83. The van der Waals surface area contributed by atoms with E-state index < -0.39 is 0 Å². The third-order valence-corrected chi connectivity index (χ3v) is 4.12. The van der Waals surface area contributed by atoms with Crippen molar-refractivity contribution in [2.45, 2.75) is 46.1 Å². The molecule has 126 valence electrons. The van der Waals surface area contributed by atoms with E-state index in [1.54, 1.807) is 18.2 Å². The zero-order valence-electron chi connectivity index (χ0n) is 14.2. The van der Waals surface area contributed by atoms with E-state index in [1.807, 2.05) is 20.8 Å². The van der Waals surface area contributed by atoms with Crippen LogP contribution in [0.15, 0.2) is 18.2 Å². The van der Waals surface area contributed by atoms with Crippen LogP contribution in [0.4, 0.5) is 5.69 Å². The molecule has 1 atom stereocenters. The highest BCUT2D eigenvalue weighted by Gasteiger charge is 2.31. The molecule has 0 aromatic heterocycles. The molecular weight excluding hydrogens is 290 g/mol. The molecule has 23 heavy (non-hydrogen) atoms. The number of nitrogens with two attached hydrogens (primary N) is 1. The van der Waals surface area contributed by atoms with E-state index >= 15 is 0 Å². The maximum Gasteiger partial charge on any atom is 0.251 e. The number of hydrogen-bond acceptors (Lipinski definition) is 3. The van der Waals surface area contributed by atoms with Gasteiger partial charge < -0.3 is 16.4 Å². The zero-order chi connectivity index (χ0) is 17.0. The fourth-order valence-corrected chi connectivity index (χ4v) is 2.64. The van der Waals surface area contributed by atoms with Crippen LogP contribution in [0.3, 0.4) is 0 Å². The number of anilines is 1. The van der Waals surface area contributed by atoms with Gasteiger partial charge in [0.05, 0.1) is 0 Å². The molecule has 1 aliphatic carbocycles. The van der Waals surface area contributed by atoms with E-state index in [0.29, 0.717) is 30.4 Å². The highest BCUT2D eigenvalue weighted by Crippen LogP contribution is 2.32. The average Bonchev–Trinajstić information content (AvgIpc) is 3.30. The first-order valence-corrected chi connectivity index (χ1v) is 8.32. The normalized spacial score (nSPS) is 15.3. The van der Waals surface area contributed by atoms with Crippen LogP contribution in [0.25, 0.3) is 0 Å². The predicted octanol–water partition coefficient (Wildman–Crippen LogP) is 2.45. The van der Waals surface area contributed by atoms with Crippen LogP contribution in [0.5, 0.6) is 0 Å². The summed E-state index contributed by atoms with van der Waals surface area (Å²) in [6.45, 7) is 6.38. The van der Waals surface area contributed by atoms with Gasteiger partial charge in [-0.1, -0.05) is 13.8 Å². The topological polar surface area (TPSA) is 84.2 Å². The Labute approximate surface area is 138 Å². The smallest absolute Gasteiger partial charge is 0.251 e. The van der Waals surface area contributed by atoms with Gasteiger partial charge in [0.15, 0.2) is 0 Å². The van der Waals surface area contributed by atoms with E-state index in [1.165, 1.54) is 0 Å². The van der Waals surface area contributed by atoms with Crippen LogP contribution < -0.4 is 16.4 Å². The van der Waals surface area contributed by atoms with Gasteiger partial charge in [-0.05, 0) is 55.4 Å². The molecule has 0 bridgehead atoms. The van der Waals surface area contributed by atoms with Crippen LogP contribution in [0, 0.1) is 18.8 Å². The minimum absolute atomic E-state index is 0.00256. The van der Waals surface area contributed by atoms with Gasteiger partial charge in [-0.2, -0.15) is 0 Å². The molecule has 0 aliphatic heterocycles. The average molecular weight is 317 g/mol. The number of hydrogen-bond donors (Lipinski definition) is 3. The Hall–Kier alpha value is -1.88. The van der Waals surface area contributed by atoms with Crippen molar-refractivity contribution >= 4 is 17.5 Å². The van der Waals surface area contributed by atoms with Gasteiger partial charge in [-0.3, -0.25) is 9.59 Å². The molecule has 4 N–H and O–H groups in total. The summed E-state index contributed by atoms with van der Waals surface area (Å²) >= 11 is 0. The van der Waals surface area contributed by atoms with Crippen molar-refractivity contribution in [3.63, 3.8) is 0 Å². The summed E-state index contributed by atoms with van der Waals surface area (Å²) in [4.78, 5) is 24.2. The summed E-state index contributed by atoms with van der Waals surface area (Å²) in [6, 6.07) is 5.40. The second kappa shape index (κ2) is 7.59. The number of amides is 2. The van der Waals surface area contributed by atoms with Crippen molar-refractivity contribution in [1.29, 1.82) is 0 Å². The largest absolute Gasteiger partial charge is 0.348 e. The van der Waals surface area contributed by atoms with Crippen molar-refractivity contribution < 1.29 is 9.59 Å². The molecule has 0 spiro atoms. The lowest BCUT2D eigenvalue weighted by Gasteiger charge is -2.17. The standard InChI is InChI=1S/C18H27N3O2/c1-11(2)8-17(22)20-15-7-6-14(9-12(15)3)18(23)21-16(10-19)13-4-5-13/h6-7,9,11,13,16H,4-5,8,10,19H2,1-3H3,(H,20,22)(H,21,23). The Kier molecular flexibility index (Phi) is 5.77. The first-order valence-electron chi connectivity index (χ1n) is 8.32. The lowest BCUT2D eigenvalue weighted by Crippen LogP contribution is -2.41. The van der Waals surface area contributed by atoms with E-state index in [-0.39, 0.29) is 17.9 Å². The minimum Gasteiger partial charge on any atom is -0.348 e. The van der Waals surface area contributed by atoms with Gasteiger partial charge in [0.1, 0.15) is 0 Å². The number of aryl methyl sites for hydroxylation is 1. The highest BCUT2D eigenvalue weighted by molar-refractivity contribution is 5.96. The Morgan fingerprint density at radius 1 is 1.30 bits per heavy atom. The van der Waals surface area contributed by atoms with Crippen molar-refractivity contribution in [3.8, 4) is 0 Å². The molecular formula is C18H27N3O2. The summed E-state index contributed by atoms with van der Waals surface area (Å²) in [5, 5.41) is 5.90. The molecule has 1 aromatic carbocycles. The van der Waals surface area contributed by atoms with Crippen molar-refractivity contribution in [2.75, 3.05) is 11.9 Å². The minimum atomic E-state index is -0.101. The first-order chi connectivity index (χ1) is 10.9. The Bertz CT molecular complexity index is 580. The number of carbonyl (C=O) groups is 2. The highest BCUT2D eigenvalue weighted by atomic mass is 16.2. The lowest BCUT2D eigenvalue weighted by atomic mass is 10.1. The number of rotatable bonds is 7. The maximum atomic E-state index is 12.3. The quantitative estimate of drug-likeness (QED) is 0.722. The van der Waals surface area contributed by atoms with Gasteiger partial charge in [-0.25, -0.2) is 0 Å². The van der Waals surface area contributed by atoms with Crippen LogP contribution in [-0.2, 0) is 4.79 Å². The van der Waals surface area contributed by atoms with E-state index in [9.17, 15) is 9.59 Å². The fourth-order valence-electron chi connectivity index (χ4n) is 2.64. The molecule has 0 radical (unpaired) electrons.